The molecule has 0 unspecified atom stereocenters. The first-order chi connectivity index (χ1) is 11.2. The number of aromatic amines is 1. The summed E-state index contributed by atoms with van der Waals surface area (Å²) in [5.41, 5.74) is 2.51. The summed E-state index contributed by atoms with van der Waals surface area (Å²) in [6, 6.07) is 2.99. The van der Waals surface area contributed by atoms with Crippen LogP contribution in [0.2, 0.25) is 0 Å². The zero-order valence-electron chi connectivity index (χ0n) is 12.0. The van der Waals surface area contributed by atoms with Gasteiger partial charge in [0.15, 0.2) is 5.65 Å². The largest absolute Gasteiger partial charge is 0.333 e. The number of aromatic nitrogens is 5. The maximum absolute atomic E-state index is 11.9. The Labute approximate surface area is 137 Å². The summed E-state index contributed by atoms with van der Waals surface area (Å²) < 4.78 is 1.19. The van der Waals surface area contributed by atoms with Crippen LogP contribution in [0.1, 0.15) is 0 Å². The number of fused-ring (bicyclic) bond motifs is 1. The monoisotopic (exact) mass is 327 g/mol. The third-order valence-corrected chi connectivity index (χ3v) is 3.32. The van der Waals surface area contributed by atoms with Crippen LogP contribution < -0.4 is 5.32 Å². The highest BCUT2D eigenvalue weighted by atomic mass is 32.1. The summed E-state index contributed by atoms with van der Waals surface area (Å²) in [5.74, 6) is 0.365. The van der Waals surface area contributed by atoms with Gasteiger partial charge in [0.2, 0.25) is 0 Å². The number of amides is 2. The highest BCUT2D eigenvalue weighted by Crippen LogP contribution is 2.18. The summed E-state index contributed by atoms with van der Waals surface area (Å²) in [5, 5.41) is 9.24. The van der Waals surface area contributed by atoms with Crippen LogP contribution in [0, 0.1) is 0 Å². The molecule has 0 aliphatic rings. The van der Waals surface area contributed by atoms with Gasteiger partial charge in [0.1, 0.15) is 11.3 Å². The predicted molar refractivity (Wildman–Crippen MR) is 89.8 cm³/mol. The summed E-state index contributed by atoms with van der Waals surface area (Å²) >= 11 is 4.05. The van der Waals surface area contributed by atoms with Crippen molar-refractivity contribution >= 4 is 35.8 Å². The number of hydrogen-bond donors (Lipinski definition) is 3. The molecule has 0 fully saturated rings. The van der Waals surface area contributed by atoms with Gasteiger partial charge in [-0.05, 0) is 12.1 Å². The molecule has 3 rings (SSSR count). The van der Waals surface area contributed by atoms with Crippen molar-refractivity contribution in [1.82, 2.24) is 29.5 Å². The number of nitrogens with one attached hydrogen (secondary N) is 2. The van der Waals surface area contributed by atoms with Gasteiger partial charge in [-0.2, -0.15) is 5.10 Å². The lowest BCUT2D eigenvalue weighted by atomic mass is 10.2. The third kappa shape index (κ3) is 3.29. The van der Waals surface area contributed by atoms with Crippen LogP contribution in [0.3, 0.4) is 0 Å². The Morgan fingerprint density at radius 1 is 1.39 bits per heavy atom. The van der Waals surface area contributed by atoms with Crippen molar-refractivity contribution in [2.45, 2.75) is 0 Å². The zero-order valence-corrected chi connectivity index (χ0v) is 12.9. The van der Waals surface area contributed by atoms with Crippen LogP contribution in [0.25, 0.3) is 22.4 Å². The molecule has 8 nitrogen and oxygen atoms in total. The van der Waals surface area contributed by atoms with Gasteiger partial charge in [0.25, 0.3) is 0 Å². The number of nitrogens with zero attached hydrogens (tertiary/aromatic N) is 5. The highest BCUT2D eigenvalue weighted by Gasteiger charge is 2.10. The first-order valence-electron chi connectivity index (χ1n) is 6.68. The summed E-state index contributed by atoms with van der Waals surface area (Å²) in [6.07, 6.45) is 6.58. The molecule has 0 saturated carbocycles. The average Bonchev–Trinajstić information content (AvgIpc) is 3.09. The lowest BCUT2D eigenvalue weighted by Gasteiger charge is -2.13. The number of urea groups is 1. The second kappa shape index (κ2) is 6.44. The molecule has 116 valence electrons. The van der Waals surface area contributed by atoms with Gasteiger partial charge >= 0.3 is 6.03 Å². The molecule has 2 N–H and O–H groups in total. The molecule has 0 aliphatic heterocycles. The SMILES string of the molecule is C=CCN(S)C(=O)Nc1ccc2ncc(-c3cn[nH]c3)nc2n1. The number of pyridine rings is 1. The van der Waals surface area contributed by atoms with Gasteiger partial charge in [0.05, 0.1) is 24.6 Å². The van der Waals surface area contributed by atoms with E-state index in [2.05, 4.69) is 49.9 Å². The normalized spacial score (nSPS) is 10.5. The van der Waals surface area contributed by atoms with E-state index in [1.807, 2.05) is 0 Å². The van der Waals surface area contributed by atoms with Crippen LogP contribution in [-0.2, 0) is 0 Å². The second-order valence-corrected chi connectivity index (χ2v) is 5.07. The minimum absolute atomic E-state index is 0.312. The summed E-state index contributed by atoms with van der Waals surface area (Å²) in [4.78, 5) is 24.9. The first kappa shape index (κ1) is 15.0. The number of H-pyrrole nitrogens is 1. The van der Waals surface area contributed by atoms with E-state index in [9.17, 15) is 4.79 Å². The van der Waals surface area contributed by atoms with E-state index in [-0.39, 0.29) is 0 Å². The van der Waals surface area contributed by atoms with Gasteiger partial charge < -0.3 is 0 Å². The minimum Gasteiger partial charge on any atom is -0.291 e. The van der Waals surface area contributed by atoms with E-state index in [1.54, 1.807) is 36.8 Å². The predicted octanol–water partition coefficient (Wildman–Crippen LogP) is 2.28. The quantitative estimate of drug-likeness (QED) is 0.504. The third-order valence-electron chi connectivity index (χ3n) is 2.97. The molecule has 3 aromatic rings. The van der Waals surface area contributed by atoms with Gasteiger partial charge in [-0.1, -0.05) is 18.9 Å². The topological polar surface area (TPSA) is 99.7 Å². The fourth-order valence-corrected chi connectivity index (χ4v) is 2.04. The molecule has 0 aliphatic carbocycles. The number of thiol groups is 1. The molecular weight excluding hydrogens is 314 g/mol. The van der Waals surface area contributed by atoms with Gasteiger partial charge in [-0.3, -0.25) is 19.7 Å². The Hall–Kier alpha value is -2.94. The molecule has 3 heterocycles. The van der Waals surface area contributed by atoms with Crippen LogP contribution >= 0.6 is 12.8 Å². The molecule has 9 heteroatoms. The molecular formula is C14H13N7OS. The molecule has 0 atom stereocenters. The number of carbonyl (C=O) groups excluding carboxylic acids is 1. The smallest absolute Gasteiger partial charge is 0.291 e. The lowest BCUT2D eigenvalue weighted by Crippen LogP contribution is -2.27. The number of rotatable bonds is 4. The van der Waals surface area contributed by atoms with Crippen molar-refractivity contribution in [2.75, 3.05) is 11.9 Å². The van der Waals surface area contributed by atoms with Crippen LogP contribution in [0.5, 0.6) is 0 Å². The Morgan fingerprint density at radius 2 is 2.26 bits per heavy atom. The van der Waals surface area contributed by atoms with E-state index in [0.29, 0.717) is 29.2 Å². The molecule has 0 bridgehead atoms. The fourth-order valence-electron chi connectivity index (χ4n) is 1.88. The summed E-state index contributed by atoms with van der Waals surface area (Å²) in [7, 11) is 0. The maximum Gasteiger partial charge on any atom is 0.333 e. The van der Waals surface area contributed by atoms with E-state index in [0.717, 1.165) is 5.56 Å². The van der Waals surface area contributed by atoms with Crippen molar-refractivity contribution in [1.29, 1.82) is 0 Å². The highest BCUT2D eigenvalue weighted by molar-refractivity contribution is 7.78. The zero-order chi connectivity index (χ0) is 16.2. The lowest BCUT2D eigenvalue weighted by molar-refractivity contribution is 0.241. The molecule has 0 aromatic carbocycles. The van der Waals surface area contributed by atoms with Crippen LogP contribution in [-0.4, -0.2) is 42.0 Å². The van der Waals surface area contributed by atoms with Crippen LogP contribution in [0.15, 0.2) is 43.4 Å². The van der Waals surface area contributed by atoms with Gasteiger partial charge in [-0.25, -0.2) is 14.8 Å². The number of anilines is 1. The van der Waals surface area contributed by atoms with Crippen molar-refractivity contribution < 1.29 is 4.79 Å². The number of hydrogen-bond acceptors (Lipinski definition) is 6. The second-order valence-electron chi connectivity index (χ2n) is 4.58. The molecule has 0 spiro atoms. The van der Waals surface area contributed by atoms with Crippen LogP contribution in [0.4, 0.5) is 10.6 Å². The van der Waals surface area contributed by atoms with E-state index in [4.69, 9.17) is 0 Å². The van der Waals surface area contributed by atoms with Crippen molar-refractivity contribution in [3.63, 3.8) is 0 Å². The maximum atomic E-state index is 11.9. The van der Waals surface area contributed by atoms with Crippen molar-refractivity contribution in [3.05, 3.63) is 43.4 Å². The Bertz CT molecular complexity index is 849. The Morgan fingerprint density at radius 3 is 3.00 bits per heavy atom. The standard InChI is InChI=1S/C14H13N7OS/c1-2-5-21(23)14(22)20-12-4-3-10-13(19-12)18-11(8-15-10)9-6-16-17-7-9/h2-4,6-8,23H,1,5H2,(H,16,17)(H,18,19,20,22). The molecule has 0 saturated heterocycles. The van der Waals surface area contributed by atoms with Gasteiger partial charge in [0, 0.05) is 11.8 Å². The van der Waals surface area contributed by atoms with E-state index in [1.165, 1.54) is 4.31 Å². The van der Waals surface area contributed by atoms with Crippen molar-refractivity contribution in [3.8, 4) is 11.3 Å². The number of carbonyl (C=O) groups is 1. The minimum atomic E-state index is -0.404. The Kier molecular flexibility index (Phi) is 4.20. The first-order valence-corrected chi connectivity index (χ1v) is 7.08. The van der Waals surface area contributed by atoms with Gasteiger partial charge in [-0.15, -0.1) is 6.58 Å². The Balaban J connectivity index is 1.88. The molecule has 3 aromatic heterocycles. The van der Waals surface area contributed by atoms with Crippen molar-refractivity contribution in [2.24, 2.45) is 0 Å². The van der Waals surface area contributed by atoms with E-state index < -0.39 is 6.03 Å². The van der Waals surface area contributed by atoms with E-state index >= 15 is 0 Å². The molecule has 0 radical (unpaired) electrons. The average molecular weight is 327 g/mol. The molecule has 23 heavy (non-hydrogen) atoms. The fraction of sp³-hybridized carbons (Fsp3) is 0.0714. The summed E-state index contributed by atoms with van der Waals surface area (Å²) in [6.45, 7) is 3.87. The molecule has 2 amide bonds.